The molecule has 0 aromatic carbocycles. The largest absolute Gasteiger partial charge is 0.366 e. The lowest BCUT2D eigenvalue weighted by atomic mass is 10.3. The van der Waals surface area contributed by atoms with E-state index in [1.54, 1.807) is 19.9 Å². The molecule has 68 valence electrons. The molecule has 0 radical (unpaired) electrons. The van der Waals surface area contributed by atoms with Gasteiger partial charge in [0.2, 0.25) is 11.8 Å². The first-order chi connectivity index (χ1) is 5.45. The van der Waals surface area contributed by atoms with Gasteiger partial charge in [-0.05, 0) is 19.9 Å². The van der Waals surface area contributed by atoms with Crippen LogP contribution in [0.3, 0.4) is 0 Å². The third-order valence-electron chi connectivity index (χ3n) is 1.02. The van der Waals surface area contributed by atoms with Crippen molar-refractivity contribution in [3.63, 3.8) is 0 Å². The first-order valence-corrected chi connectivity index (χ1v) is 3.30. The van der Waals surface area contributed by atoms with Crippen LogP contribution in [0, 0.1) is 0 Å². The molecule has 4 nitrogen and oxygen atoms in total. The summed E-state index contributed by atoms with van der Waals surface area (Å²) in [5.74, 6) is -0.826. The van der Waals surface area contributed by atoms with Crippen LogP contribution >= 0.6 is 0 Å². The predicted molar refractivity (Wildman–Crippen MR) is 48.0 cm³/mol. The summed E-state index contributed by atoms with van der Waals surface area (Å²) >= 11 is 0. The van der Waals surface area contributed by atoms with Gasteiger partial charge in [0.15, 0.2) is 0 Å². The van der Waals surface area contributed by atoms with Crippen LogP contribution in [0.15, 0.2) is 24.3 Å². The van der Waals surface area contributed by atoms with Crippen molar-refractivity contribution in [3.8, 4) is 0 Å². The van der Waals surface area contributed by atoms with Crippen LogP contribution in [0.1, 0.15) is 13.8 Å². The third-order valence-corrected chi connectivity index (χ3v) is 1.02. The maximum atomic E-state index is 10.1. The number of allylic oxidation sites excluding steroid dienone is 1. The molecule has 0 aromatic rings. The van der Waals surface area contributed by atoms with Gasteiger partial charge in [-0.25, -0.2) is 0 Å². The van der Waals surface area contributed by atoms with Crippen molar-refractivity contribution in [2.45, 2.75) is 13.8 Å². The predicted octanol–water partition coefficient (Wildman–Crippen LogP) is 0.0956. The van der Waals surface area contributed by atoms with E-state index in [0.717, 1.165) is 6.08 Å². The molecule has 0 atom stereocenters. The maximum absolute atomic E-state index is 10.1. The Morgan fingerprint density at radius 1 is 1.33 bits per heavy atom. The number of rotatable bonds is 2. The maximum Gasteiger partial charge on any atom is 0.243 e. The summed E-state index contributed by atoms with van der Waals surface area (Å²) in [4.78, 5) is 19.6. The van der Waals surface area contributed by atoms with E-state index in [0.29, 0.717) is 5.57 Å². The highest BCUT2D eigenvalue weighted by Crippen LogP contribution is 1.85. The van der Waals surface area contributed by atoms with E-state index in [-0.39, 0.29) is 5.91 Å². The molecule has 0 aliphatic heterocycles. The first kappa shape index (κ1) is 13.0. The number of amides is 2. The quantitative estimate of drug-likeness (QED) is 0.575. The van der Waals surface area contributed by atoms with Crippen LogP contribution in [0.2, 0.25) is 0 Å². The number of hydrogen-bond donors (Lipinski definition) is 2. The zero-order valence-corrected chi connectivity index (χ0v) is 7.33. The van der Waals surface area contributed by atoms with Gasteiger partial charge in [0.05, 0.1) is 0 Å². The Morgan fingerprint density at radius 3 is 1.67 bits per heavy atom. The van der Waals surface area contributed by atoms with Gasteiger partial charge in [-0.2, -0.15) is 0 Å². The van der Waals surface area contributed by atoms with Gasteiger partial charge in [0.25, 0.3) is 0 Å². The lowest BCUT2D eigenvalue weighted by Gasteiger charge is -1.85. The highest BCUT2D eigenvalue weighted by molar-refractivity contribution is 5.91. The summed E-state index contributed by atoms with van der Waals surface area (Å²) in [6, 6.07) is 0. The van der Waals surface area contributed by atoms with Crippen LogP contribution in [0.4, 0.5) is 0 Å². The molecule has 4 heteroatoms. The van der Waals surface area contributed by atoms with Crippen molar-refractivity contribution in [2.24, 2.45) is 11.5 Å². The van der Waals surface area contributed by atoms with Crippen LogP contribution in [0.25, 0.3) is 0 Å². The molecule has 2 amide bonds. The SMILES string of the molecule is C=CC(N)=O.CC=C(C)C(N)=O. The van der Waals surface area contributed by atoms with Crippen molar-refractivity contribution >= 4 is 11.8 Å². The summed E-state index contributed by atoms with van der Waals surface area (Å²) in [6.07, 6.45) is 2.74. The van der Waals surface area contributed by atoms with E-state index in [2.05, 4.69) is 12.3 Å². The van der Waals surface area contributed by atoms with Crippen molar-refractivity contribution in [1.29, 1.82) is 0 Å². The van der Waals surface area contributed by atoms with E-state index in [4.69, 9.17) is 5.73 Å². The van der Waals surface area contributed by atoms with E-state index in [1.807, 2.05) is 0 Å². The fourth-order valence-electron chi connectivity index (χ4n) is 0.142. The van der Waals surface area contributed by atoms with Gasteiger partial charge in [0, 0.05) is 5.57 Å². The van der Waals surface area contributed by atoms with Gasteiger partial charge in [0.1, 0.15) is 0 Å². The third kappa shape index (κ3) is 11.2. The second kappa shape index (κ2) is 7.53. The Kier molecular flexibility index (Phi) is 8.18. The number of hydrogen-bond acceptors (Lipinski definition) is 2. The topological polar surface area (TPSA) is 86.2 Å². The standard InChI is InChI=1S/C5H9NO.C3H5NO/c1-3-4(2)5(6)7;1-2-3(4)5/h3H,1-2H3,(H2,6,7);2H,1H2,(H2,4,5). The van der Waals surface area contributed by atoms with E-state index in [9.17, 15) is 9.59 Å². The van der Waals surface area contributed by atoms with E-state index in [1.165, 1.54) is 0 Å². The van der Waals surface area contributed by atoms with Crippen LogP contribution in [-0.2, 0) is 9.59 Å². The van der Waals surface area contributed by atoms with Crippen molar-refractivity contribution in [2.75, 3.05) is 0 Å². The molecule has 0 bridgehead atoms. The fourth-order valence-corrected chi connectivity index (χ4v) is 0.142. The summed E-state index contributed by atoms with van der Waals surface area (Å²) in [5.41, 5.74) is 9.99. The summed E-state index contributed by atoms with van der Waals surface area (Å²) in [7, 11) is 0. The van der Waals surface area contributed by atoms with Crippen LogP contribution in [-0.4, -0.2) is 11.8 Å². The molecular formula is C8H14N2O2. The Labute approximate surface area is 71.9 Å². The lowest BCUT2D eigenvalue weighted by molar-refractivity contribution is -0.115. The molecule has 0 fully saturated rings. The molecule has 12 heavy (non-hydrogen) atoms. The summed E-state index contributed by atoms with van der Waals surface area (Å²) < 4.78 is 0. The number of primary amides is 2. The Bertz CT molecular complexity index is 207. The van der Waals surface area contributed by atoms with Gasteiger partial charge in [-0.15, -0.1) is 0 Å². The average molecular weight is 170 g/mol. The van der Waals surface area contributed by atoms with Gasteiger partial charge >= 0.3 is 0 Å². The van der Waals surface area contributed by atoms with Gasteiger partial charge in [-0.1, -0.05) is 12.7 Å². The molecular weight excluding hydrogens is 156 g/mol. The Hall–Kier alpha value is -1.58. The van der Waals surface area contributed by atoms with Crippen LogP contribution in [0.5, 0.6) is 0 Å². The van der Waals surface area contributed by atoms with Gasteiger partial charge < -0.3 is 11.5 Å². The van der Waals surface area contributed by atoms with Gasteiger partial charge in [-0.3, -0.25) is 9.59 Å². The van der Waals surface area contributed by atoms with E-state index >= 15 is 0 Å². The summed E-state index contributed by atoms with van der Waals surface area (Å²) in [5, 5.41) is 0. The second-order valence-electron chi connectivity index (χ2n) is 1.94. The zero-order chi connectivity index (χ0) is 10.1. The minimum Gasteiger partial charge on any atom is -0.366 e. The second-order valence-corrected chi connectivity index (χ2v) is 1.94. The molecule has 0 rings (SSSR count). The molecule has 0 saturated heterocycles. The zero-order valence-electron chi connectivity index (χ0n) is 7.33. The minimum atomic E-state index is -0.481. The summed E-state index contributed by atoms with van der Waals surface area (Å²) in [6.45, 7) is 6.55. The monoisotopic (exact) mass is 170 g/mol. The normalized spacial score (nSPS) is 9.33. The highest BCUT2D eigenvalue weighted by atomic mass is 16.1. The fraction of sp³-hybridized carbons (Fsp3) is 0.250. The number of carbonyl (C=O) groups is 2. The first-order valence-electron chi connectivity index (χ1n) is 3.30. The molecule has 0 heterocycles. The molecule has 0 saturated carbocycles. The van der Waals surface area contributed by atoms with Crippen molar-refractivity contribution < 1.29 is 9.59 Å². The van der Waals surface area contributed by atoms with Crippen LogP contribution < -0.4 is 11.5 Å². The number of carbonyl (C=O) groups excluding carboxylic acids is 2. The molecule has 4 N–H and O–H groups in total. The molecule has 0 aliphatic rings. The smallest absolute Gasteiger partial charge is 0.243 e. The minimum absolute atomic E-state index is 0.345. The van der Waals surface area contributed by atoms with E-state index < -0.39 is 5.91 Å². The molecule has 0 aliphatic carbocycles. The Morgan fingerprint density at radius 2 is 1.67 bits per heavy atom. The molecule has 0 aromatic heterocycles. The molecule has 0 unspecified atom stereocenters. The molecule has 0 spiro atoms. The Balaban J connectivity index is 0. The highest BCUT2D eigenvalue weighted by Gasteiger charge is 1.90. The van der Waals surface area contributed by atoms with Crippen molar-refractivity contribution in [1.82, 2.24) is 0 Å². The van der Waals surface area contributed by atoms with Crippen molar-refractivity contribution in [3.05, 3.63) is 24.3 Å². The lowest BCUT2D eigenvalue weighted by Crippen LogP contribution is -2.10. The average Bonchev–Trinajstić information content (AvgIpc) is 2.04. The number of nitrogens with two attached hydrogens (primary N) is 2.